The molecule has 2 heteroatoms. The number of rotatable bonds is 2. The molecular weight excluding hydrogens is 284 g/mol. The van der Waals surface area contributed by atoms with Crippen molar-refractivity contribution in [3.63, 3.8) is 0 Å². The van der Waals surface area contributed by atoms with Crippen molar-refractivity contribution in [2.75, 3.05) is 0 Å². The molecule has 0 spiro atoms. The van der Waals surface area contributed by atoms with E-state index in [9.17, 15) is 9.59 Å². The lowest BCUT2D eigenvalue weighted by Crippen LogP contribution is -2.36. The first-order valence-corrected chi connectivity index (χ1v) is 9.57. The van der Waals surface area contributed by atoms with E-state index in [2.05, 4.69) is 41.5 Å². The molecule has 4 bridgehead atoms. The topological polar surface area (TPSA) is 34.1 Å². The van der Waals surface area contributed by atoms with Crippen molar-refractivity contribution in [3.05, 3.63) is 0 Å². The standard InChI is InChI=1S/C21H32O2/c1-18(2)14-7-9-20(18,5)16(22)12(14)11-13-15-8-10-21(6,17(13)23)19(15,3)4/h12-15H,7-11H2,1-6H3/t12-,13-,14-,15-,20-,21+/m1/s1. The molecule has 0 aromatic heterocycles. The molecular formula is C21H32O2. The van der Waals surface area contributed by atoms with Gasteiger partial charge in [-0.15, -0.1) is 0 Å². The van der Waals surface area contributed by atoms with Crippen LogP contribution in [0, 0.1) is 45.3 Å². The fourth-order valence-electron chi connectivity index (χ4n) is 7.36. The first-order valence-electron chi connectivity index (χ1n) is 9.57. The van der Waals surface area contributed by atoms with Gasteiger partial charge in [0.2, 0.25) is 0 Å². The van der Waals surface area contributed by atoms with Gasteiger partial charge in [-0.3, -0.25) is 9.59 Å². The zero-order valence-electron chi connectivity index (χ0n) is 15.7. The predicted molar refractivity (Wildman–Crippen MR) is 90.8 cm³/mol. The van der Waals surface area contributed by atoms with Crippen molar-refractivity contribution in [1.29, 1.82) is 0 Å². The van der Waals surface area contributed by atoms with E-state index >= 15 is 0 Å². The minimum atomic E-state index is -0.150. The summed E-state index contributed by atoms with van der Waals surface area (Å²) >= 11 is 0. The Labute approximate surface area is 140 Å². The van der Waals surface area contributed by atoms with E-state index in [4.69, 9.17) is 0 Å². The van der Waals surface area contributed by atoms with Crippen molar-refractivity contribution in [1.82, 2.24) is 0 Å². The number of ketones is 2. The van der Waals surface area contributed by atoms with Crippen LogP contribution in [-0.4, -0.2) is 11.6 Å². The lowest BCUT2D eigenvalue weighted by Gasteiger charge is -2.32. The van der Waals surface area contributed by atoms with Gasteiger partial charge >= 0.3 is 0 Å². The van der Waals surface area contributed by atoms with E-state index in [1.54, 1.807) is 0 Å². The molecule has 0 aromatic rings. The summed E-state index contributed by atoms with van der Waals surface area (Å²) in [6.07, 6.45) is 5.28. The molecule has 4 rings (SSSR count). The molecule has 0 aromatic carbocycles. The summed E-state index contributed by atoms with van der Waals surface area (Å²) in [5, 5.41) is 0. The average molecular weight is 316 g/mol. The number of hydrogen-bond acceptors (Lipinski definition) is 2. The molecule has 6 atom stereocenters. The molecule has 0 heterocycles. The smallest absolute Gasteiger partial charge is 0.142 e. The summed E-state index contributed by atoms with van der Waals surface area (Å²) < 4.78 is 0. The Morgan fingerprint density at radius 2 is 1.09 bits per heavy atom. The summed E-state index contributed by atoms with van der Waals surface area (Å²) in [6.45, 7) is 13.5. The fourth-order valence-corrected chi connectivity index (χ4v) is 7.36. The van der Waals surface area contributed by atoms with Crippen LogP contribution in [0.1, 0.15) is 73.6 Å². The van der Waals surface area contributed by atoms with Gasteiger partial charge < -0.3 is 0 Å². The van der Waals surface area contributed by atoms with Crippen LogP contribution in [0.25, 0.3) is 0 Å². The van der Waals surface area contributed by atoms with Crippen molar-refractivity contribution in [2.24, 2.45) is 45.3 Å². The van der Waals surface area contributed by atoms with Gasteiger partial charge in [0.05, 0.1) is 0 Å². The zero-order valence-corrected chi connectivity index (χ0v) is 15.7. The number of Topliss-reactive ketones (excluding diaryl/α,β-unsaturated/α-hetero) is 2. The highest BCUT2D eigenvalue weighted by Gasteiger charge is 2.70. The Bertz CT molecular complexity index is 549. The second kappa shape index (κ2) is 4.11. The van der Waals surface area contributed by atoms with Crippen molar-refractivity contribution in [2.45, 2.75) is 73.6 Å². The molecule has 4 aliphatic carbocycles. The van der Waals surface area contributed by atoms with E-state index < -0.39 is 0 Å². The Kier molecular flexibility index (Phi) is 2.83. The zero-order chi connectivity index (χ0) is 17.0. The molecule has 2 nitrogen and oxygen atoms in total. The van der Waals surface area contributed by atoms with Crippen LogP contribution in [0.2, 0.25) is 0 Å². The van der Waals surface area contributed by atoms with Crippen LogP contribution in [0.4, 0.5) is 0 Å². The van der Waals surface area contributed by atoms with Gasteiger partial charge in [-0.05, 0) is 54.8 Å². The molecule has 0 radical (unpaired) electrons. The van der Waals surface area contributed by atoms with Crippen molar-refractivity contribution < 1.29 is 9.59 Å². The Hall–Kier alpha value is -0.660. The van der Waals surface area contributed by atoms with Gasteiger partial charge in [-0.1, -0.05) is 41.5 Å². The molecule has 23 heavy (non-hydrogen) atoms. The predicted octanol–water partition coefficient (Wildman–Crippen LogP) is 4.66. The van der Waals surface area contributed by atoms with Crippen LogP contribution in [0.3, 0.4) is 0 Å². The number of hydrogen-bond donors (Lipinski definition) is 0. The van der Waals surface area contributed by atoms with Gasteiger partial charge in [-0.25, -0.2) is 0 Å². The van der Waals surface area contributed by atoms with E-state index in [1.165, 1.54) is 12.8 Å². The first-order chi connectivity index (χ1) is 10.5. The largest absolute Gasteiger partial charge is 0.299 e. The maximum absolute atomic E-state index is 13.1. The van der Waals surface area contributed by atoms with E-state index in [0.29, 0.717) is 23.4 Å². The molecule has 4 fully saturated rings. The molecule has 0 unspecified atom stereocenters. The monoisotopic (exact) mass is 316 g/mol. The second-order valence-corrected chi connectivity index (χ2v) is 10.6. The maximum atomic E-state index is 13.1. The lowest BCUT2D eigenvalue weighted by molar-refractivity contribution is -0.134. The highest BCUT2D eigenvalue weighted by Crippen LogP contribution is 2.70. The Morgan fingerprint density at radius 3 is 1.35 bits per heavy atom. The van der Waals surface area contributed by atoms with E-state index in [1.807, 2.05) is 0 Å². The van der Waals surface area contributed by atoms with E-state index in [0.717, 1.165) is 19.3 Å². The minimum absolute atomic E-state index is 0.106. The van der Waals surface area contributed by atoms with Crippen molar-refractivity contribution >= 4 is 11.6 Å². The average Bonchev–Trinajstić information content (AvgIpc) is 2.93. The fraction of sp³-hybridized carbons (Fsp3) is 0.905. The van der Waals surface area contributed by atoms with E-state index in [-0.39, 0.29) is 33.5 Å². The molecule has 0 saturated heterocycles. The van der Waals surface area contributed by atoms with Crippen LogP contribution in [0.5, 0.6) is 0 Å². The Morgan fingerprint density at radius 1 is 0.739 bits per heavy atom. The van der Waals surface area contributed by atoms with Gasteiger partial charge in [0, 0.05) is 22.7 Å². The summed E-state index contributed by atoms with van der Waals surface area (Å²) in [5.41, 5.74) is -0.0888. The third kappa shape index (κ3) is 1.48. The molecule has 128 valence electrons. The second-order valence-electron chi connectivity index (χ2n) is 10.6. The summed E-state index contributed by atoms with van der Waals surface area (Å²) in [7, 11) is 0. The molecule has 0 N–H and O–H groups in total. The van der Waals surface area contributed by atoms with Gasteiger partial charge in [0.15, 0.2) is 0 Å². The lowest BCUT2D eigenvalue weighted by atomic mass is 9.70. The third-order valence-electron chi connectivity index (χ3n) is 9.85. The quantitative estimate of drug-likeness (QED) is 0.742. The minimum Gasteiger partial charge on any atom is -0.299 e. The maximum Gasteiger partial charge on any atom is 0.142 e. The van der Waals surface area contributed by atoms with Gasteiger partial charge in [0.25, 0.3) is 0 Å². The highest BCUT2D eigenvalue weighted by molar-refractivity contribution is 5.94. The van der Waals surface area contributed by atoms with Crippen LogP contribution >= 0.6 is 0 Å². The molecule has 0 aliphatic heterocycles. The number of carbonyl (C=O) groups excluding carboxylic acids is 2. The van der Waals surface area contributed by atoms with Crippen LogP contribution in [-0.2, 0) is 9.59 Å². The third-order valence-corrected chi connectivity index (χ3v) is 9.85. The highest BCUT2D eigenvalue weighted by atomic mass is 16.1. The van der Waals surface area contributed by atoms with Crippen LogP contribution < -0.4 is 0 Å². The van der Waals surface area contributed by atoms with Gasteiger partial charge in [0.1, 0.15) is 11.6 Å². The molecule has 0 amide bonds. The first kappa shape index (κ1) is 15.8. The number of fused-ring (bicyclic) bond motifs is 4. The van der Waals surface area contributed by atoms with Crippen molar-refractivity contribution in [3.8, 4) is 0 Å². The normalized spacial score (nSPS) is 52.6. The molecule has 4 aliphatic rings. The summed E-state index contributed by atoms with van der Waals surface area (Å²) in [5.74, 6) is 2.19. The van der Waals surface area contributed by atoms with Crippen LogP contribution in [0.15, 0.2) is 0 Å². The van der Waals surface area contributed by atoms with Gasteiger partial charge in [-0.2, -0.15) is 0 Å². The SMILES string of the molecule is CC1(C)[C@@H]2CC[C@@]1(C)C(=O)[C@@H]2C[C@H]1C(=O)[C@@]2(C)CC[C@H]1C2(C)C. The molecule has 4 saturated carbocycles. The Balaban J connectivity index is 1.64. The summed E-state index contributed by atoms with van der Waals surface area (Å²) in [6, 6.07) is 0. The number of carbonyl (C=O) groups is 2. The summed E-state index contributed by atoms with van der Waals surface area (Å²) in [4.78, 5) is 26.3.